The number of carbonyl (C=O) groups is 1. The molecule has 0 amide bonds. The number of rotatable bonds is 2. The van der Waals surface area contributed by atoms with Crippen molar-refractivity contribution in [2.75, 3.05) is 0 Å². The quantitative estimate of drug-likeness (QED) is 0.496. The summed E-state index contributed by atoms with van der Waals surface area (Å²) in [6, 6.07) is 0. The lowest BCUT2D eigenvalue weighted by molar-refractivity contribution is -0.112. The lowest BCUT2D eigenvalue weighted by atomic mass is 9.63. The molecule has 0 spiro atoms. The van der Waals surface area contributed by atoms with Crippen LogP contribution in [0.15, 0.2) is 23.8 Å². The number of hydrogen-bond donors (Lipinski definition) is 0. The second-order valence-electron chi connectivity index (χ2n) is 5.35. The van der Waals surface area contributed by atoms with Crippen molar-refractivity contribution in [2.45, 2.75) is 41.0 Å². The molecule has 0 heterocycles. The molecular formula is C14H22O. The van der Waals surface area contributed by atoms with Crippen LogP contribution in [0.4, 0.5) is 0 Å². The van der Waals surface area contributed by atoms with Gasteiger partial charge >= 0.3 is 0 Å². The average molecular weight is 206 g/mol. The van der Waals surface area contributed by atoms with Crippen LogP contribution in [0.5, 0.6) is 0 Å². The highest BCUT2D eigenvalue weighted by Gasteiger charge is 2.36. The smallest absolute Gasteiger partial charge is 0.152 e. The Kier molecular flexibility index (Phi) is 3.54. The van der Waals surface area contributed by atoms with E-state index >= 15 is 0 Å². The molecule has 0 saturated heterocycles. The highest BCUT2D eigenvalue weighted by molar-refractivity contribution is 5.87. The van der Waals surface area contributed by atoms with Crippen molar-refractivity contribution >= 4 is 5.78 Å². The third kappa shape index (κ3) is 2.58. The molecule has 1 aliphatic carbocycles. The topological polar surface area (TPSA) is 17.1 Å². The molecule has 0 bridgehead atoms. The van der Waals surface area contributed by atoms with Gasteiger partial charge in [-0.2, -0.15) is 0 Å². The van der Waals surface area contributed by atoms with Crippen molar-refractivity contribution in [1.82, 2.24) is 0 Å². The lowest BCUT2D eigenvalue weighted by Crippen LogP contribution is -2.33. The summed E-state index contributed by atoms with van der Waals surface area (Å²) < 4.78 is 0. The largest absolute Gasteiger partial charge is 0.295 e. The van der Waals surface area contributed by atoms with Crippen LogP contribution in [0.2, 0.25) is 0 Å². The summed E-state index contributed by atoms with van der Waals surface area (Å²) in [5, 5.41) is 0. The SMILES string of the molecule is CC(=O)/C=C\[C@H]1C(C)=CC[C@@H](C)C1(C)C. The molecule has 0 aliphatic heterocycles. The van der Waals surface area contributed by atoms with Gasteiger partial charge in [0.15, 0.2) is 5.78 Å². The van der Waals surface area contributed by atoms with Gasteiger partial charge in [0.05, 0.1) is 0 Å². The molecule has 84 valence electrons. The zero-order chi connectivity index (χ0) is 11.6. The van der Waals surface area contributed by atoms with Crippen LogP contribution < -0.4 is 0 Å². The Morgan fingerprint density at radius 3 is 2.67 bits per heavy atom. The number of ketones is 1. The van der Waals surface area contributed by atoms with Crippen molar-refractivity contribution in [2.24, 2.45) is 17.3 Å². The van der Waals surface area contributed by atoms with Gasteiger partial charge in [-0.3, -0.25) is 4.79 Å². The van der Waals surface area contributed by atoms with Crippen LogP contribution in [0.3, 0.4) is 0 Å². The van der Waals surface area contributed by atoms with Gasteiger partial charge in [-0.05, 0) is 37.7 Å². The normalized spacial score (nSPS) is 30.3. The third-order valence-corrected chi connectivity index (χ3v) is 3.88. The van der Waals surface area contributed by atoms with Crippen molar-refractivity contribution in [3.63, 3.8) is 0 Å². The number of carbonyl (C=O) groups excluding carboxylic acids is 1. The summed E-state index contributed by atoms with van der Waals surface area (Å²) in [5.74, 6) is 1.21. The Labute approximate surface area is 93.3 Å². The van der Waals surface area contributed by atoms with Gasteiger partial charge in [0, 0.05) is 5.92 Å². The highest BCUT2D eigenvalue weighted by atomic mass is 16.1. The molecule has 0 N–H and O–H groups in total. The van der Waals surface area contributed by atoms with Crippen molar-refractivity contribution in [1.29, 1.82) is 0 Å². The summed E-state index contributed by atoms with van der Waals surface area (Å²) in [6.45, 7) is 10.7. The summed E-state index contributed by atoms with van der Waals surface area (Å²) >= 11 is 0. The minimum atomic E-state index is 0.136. The predicted molar refractivity (Wildman–Crippen MR) is 64.6 cm³/mol. The Morgan fingerprint density at radius 2 is 2.13 bits per heavy atom. The Balaban J connectivity index is 2.96. The second-order valence-corrected chi connectivity index (χ2v) is 5.35. The molecule has 1 heteroatoms. The number of allylic oxidation sites excluding steroid dienone is 4. The van der Waals surface area contributed by atoms with E-state index < -0.39 is 0 Å². The van der Waals surface area contributed by atoms with E-state index in [-0.39, 0.29) is 11.2 Å². The van der Waals surface area contributed by atoms with Crippen LogP contribution in [0.25, 0.3) is 0 Å². The summed E-state index contributed by atoms with van der Waals surface area (Å²) in [7, 11) is 0. The van der Waals surface area contributed by atoms with Crippen LogP contribution in [0, 0.1) is 17.3 Å². The molecule has 1 nitrogen and oxygen atoms in total. The van der Waals surface area contributed by atoms with Gasteiger partial charge in [0.1, 0.15) is 0 Å². The van der Waals surface area contributed by atoms with E-state index in [9.17, 15) is 4.79 Å². The molecular weight excluding hydrogens is 184 g/mol. The first-order valence-electron chi connectivity index (χ1n) is 5.71. The molecule has 1 rings (SSSR count). The van der Waals surface area contributed by atoms with E-state index in [0.717, 1.165) is 6.42 Å². The van der Waals surface area contributed by atoms with E-state index in [2.05, 4.69) is 39.8 Å². The van der Waals surface area contributed by atoms with Gasteiger partial charge in [-0.1, -0.05) is 38.5 Å². The fraction of sp³-hybridized carbons (Fsp3) is 0.643. The summed E-state index contributed by atoms with van der Waals surface area (Å²) in [4.78, 5) is 11.0. The molecule has 0 unspecified atom stereocenters. The van der Waals surface area contributed by atoms with E-state index in [1.807, 2.05) is 0 Å². The first kappa shape index (κ1) is 12.2. The van der Waals surface area contributed by atoms with E-state index in [0.29, 0.717) is 11.8 Å². The standard InChI is InChI=1S/C14H22O/c1-10-6-7-11(2)14(4,5)13(10)9-8-12(3)15/h6,8-9,11,13H,7H2,1-5H3/b9-8-/t11-,13+/m1/s1. The van der Waals surface area contributed by atoms with Gasteiger partial charge in [-0.25, -0.2) is 0 Å². The maximum Gasteiger partial charge on any atom is 0.152 e. The Morgan fingerprint density at radius 1 is 1.53 bits per heavy atom. The first-order valence-corrected chi connectivity index (χ1v) is 5.71. The first-order chi connectivity index (χ1) is 6.85. The second kappa shape index (κ2) is 4.34. The molecule has 1 aliphatic rings. The monoisotopic (exact) mass is 206 g/mol. The van der Waals surface area contributed by atoms with Gasteiger partial charge in [0.2, 0.25) is 0 Å². The molecule has 0 aromatic heterocycles. The summed E-state index contributed by atoms with van der Waals surface area (Å²) in [5.41, 5.74) is 1.65. The minimum absolute atomic E-state index is 0.136. The van der Waals surface area contributed by atoms with Crippen LogP contribution in [0.1, 0.15) is 41.0 Å². The van der Waals surface area contributed by atoms with Crippen molar-refractivity contribution in [3.05, 3.63) is 23.8 Å². The predicted octanol–water partition coefficient (Wildman–Crippen LogP) is 3.76. The minimum Gasteiger partial charge on any atom is -0.295 e. The maximum atomic E-state index is 11.0. The molecule has 2 atom stereocenters. The molecule has 0 aromatic carbocycles. The van der Waals surface area contributed by atoms with Gasteiger partial charge < -0.3 is 0 Å². The number of hydrogen-bond acceptors (Lipinski definition) is 1. The summed E-state index contributed by atoms with van der Waals surface area (Å²) in [6.07, 6.45) is 7.25. The Hall–Kier alpha value is -0.850. The molecule has 0 saturated carbocycles. The fourth-order valence-corrected chi connectivity index (χ4v) is 2.32. The molecule has 0 radical (unpaired) electrons. The average Bonchev–Trinajstić information content (AvgIpc) is 2.11. The Bertz CT molecular complexity index is 307. The van der Waals surface area contributed by atoms with Gasteiger partial charge in [0.25, 0.3) is 0 Å². The maximum absolute atomic E-state index is 11.0. The zero-order valence-electron chi connectivity index (χ0n) is 10.5. The van der Waals surface area contributed by atoms with Gasteiger partial charge in [-0.15, -0.1) is 0 Å². The highest BCUT2D eigenvalue weighted by Crippen LogP contribution is 2.45. The van der Waals surface area contributed by atoms with E-state index in [4.69, 9.17) is 0 Å². The van der Waals surface area contributed by atoms with Crippen molar-refractivity contribution < 1.29 is 4.79 Å². The van der Waals surface area contributed by atoms with E-state index in [1.165, 1.54) is 5.57 Å². The third-order valence-electron chi connectivity index (χ3n) is 3.88. The molecule has 0 aromatic rings. The van der Waals surface area contributed by atoms with Crippen LogP contribution in [-0.2, 0) is 4.79 Å². The fourth-order valence-electron chi connectivity index (χ4n) is 2.32. The van der Waals surface area contributed by atoms with Crippen molar-refractivity contribution in [3.8, 4) is 0 Å². The molecule has 0 fully saturated rings. The van der Waals surface area contributed by atoms with Crippen LogP contribution in [-0.4, -0.2) is 5.78 Å². The molecule has 15 heavy (non-hydrogen) atoms. The van der Waals surface area contributed by atoms with E-state index in [1.54, 1.807) is 13.0 Å². The zero-order valence-corrected chi connectivity index (χ0v) is 10.5. The lowest BCUT2D eigenvalue weighted by Gasteiger charge is -2.42. The van der Waals surface area contributed by atoms with Crippen LogP contribution >= 0.6 is 0 Å².